The third kappa shape index (κ3) is 3.52. The minimum absolute atomic E-state index is 0.169. The van der Waals surface area contributed by atoms with Gasteiger partial charge in [-0.3, -0.25) is 0 Å². The fourth-order valence-electron chi connectivity index (χ4n) is 2.49. The molecule has 0 unspecified atom stereocenters. The Bertz CT molecular complexity index is 979. The molecular weight excluding hydrogens is 354 g/mol. The quantitative estimate of drug-likeness (QED) is 0.620. The van der Waals surface area contributed by atoms with E-state index in [0.29, 0.717) is 23.0 Å². The molecule has 0 saturated heterocycles. The van der Waals surface area contributed by atoms with Crippen LogP contribution in [0.2, 0.25) is 0 Å². The lowest BCUT2D eigenvalue weighted by Crippen LogP contribution is -2.03. The summed E-state index contributed by atoms with van der Waals surface area (Å²) < 4.78 is 16.5. The summed E-state index contributed by atoms with van der Waals surface area (Å²) in [6.07, 6.45) is 1.48. The predicted octanol–water partition coefficient (Wildman–Crippen LogP) is 4.36. The van der Waals surface area contributed by atoms with E-state index in [1.165, 1.54) is 30.7 Å². The zero-order valence-corrected chi connectivity index (χ0v) is 15.4. The van der Waals surface area contributed by atoms with Crippen molar-refractivity contribution in [2.45, 2.75) is 13.8 Å². The third-order valence-corrected chi connectivity index (χ3v) is 4.97. The van der Waals surface area contributed by atoms with Crippen molar-refractivity contribution in [1.82, 2.24) is 4.98 Å². The van der Waals surface area contributed by atoms with Gasteiger partial charge in [-0.15, -0.1) is 11.3 Å². The minimum Gasteiger partial charge on any atom is -0.464 e. The summed E-state index contributed by atoms with van der Waals surface area (Å²) in [7, 11) is 1.30. The van der Waals surface area contributed by atoms with Crippen LogP contribution in [0.5, 0.6) is 11.5 Å². The largest absolute Gasteiger partial charge is 0.464 e. The maximum absolute atomic E-state index is 12.0. The van der Waals surface area contributed by atoms with Crippen molar-refractivity contribution < 1.29 is 23.8 Å². The smallest absolute Gasteiger partial charge is 0.356 e. The Morgan fingerprint density at radius 3 is 2.62 bits per heavy atom. The van der Waals surface area contributed by atoms with Crippen LogP contribution in [0, 0.1) is 6.92 Å². The van der Waals surface area contributed by atoms with Gasteiger partial charge in [0.15, 0.2) is 5.69 Å². The van der Waals surface area contributed by atoms with E-state index >= 15 is 0 Å². The van der Waals surface area contributed by atoms with Crippen LogP contribution in [0.3, 0.4) is 0 Å². The maximum atomic E-state index is 12.0. The van der Waals surface area contributed by atoms with E-state index in [9.17, 15) is 9.59 Å². The van der Waals surface area contributed by atoms with Crippen molar-refractivity contribution in [2.75, 3.05) is 13.7 Å². The summed E-state index contributed by atoms with van der Waals surface area (Å²) in [5, 5.41) is 0.982. The Morgan fingerprint density at radius 2 is 1.88 bits per heavy atom. The summed E-state index contributed by atoms with van der Waals surface area (Å²) >= 11 is 1.37. The number of carbonyl (C=O) groups is 2. The molecule has 0 aliphatic carbocycles. The van der Waals surface area contributed by atoms with Crippen LogP contribution in [0.1, 0.15) is 32.6 Å². The van der Waals surface area contributed by atoms with Gasteiger partial charge < -0.3 is 14.2 Å². The van der Waals surface area contributed by atoms with Crippen molar-refractivity contribution in [1.29, 1.82) is 0 Å². The number of methoxy groups -OCH3 is 1. The number of thiophene rings is 1. The molecule has 2 aromatic heterocycles. The molecule has 0 spiro atoms. The second kappa shape index (κ2) is 7.53. The van der Waals surface area contributed by atoms with Crippen molar-refractivity contribution in [3.63, 3.8) is 0 Å². The molecule has 0 amide bonds. The zero-order valence-electron chi connectivity index (χ0n) is 14.6. The Balaban J connectivity index is 1.90. The molecule has 0 aliphatic heterocycles. The molecule has 3 rings (SSSR count). The minimum atomic E-state index is -0.529. The van der Waals surface area contributed by atoms with Crippen LogP contribution in [-0.2, 0) is 9.47 Å². The molecule has 2 heterocycles. The van der Waals surface area contributed by atoms with Crippen molar-refractivity contribution >= 4 is 33.4 Å². The fraction of sp³-hybridized carbons (Fsp3) is 0.211. The molecule has 3 aromatic rings. The number of rotatable bonds is 5. The van der Waals surface area contributed by atoms with Crippen LogP contribution in [-0.4, -0.2) is 30.6 Å². The average molecular weight is 371 g/mol. The number of nitrogens with zero attached hydrogens (tertiary/aromatic N) is 1. The van der Waals surface area contributed by atoms with Gasteiger partial charge in [0.25, 0.3) is 0 Å². The number of aryl methyl sites for hydroxylation is 1. The van der Waals surface area contributed by atoms with Crippen molar-refractivity contribution in [3.8, 4) is 11.5 Å². The van der Waals surface area contributed by atoms with Gasteiger partial charge in [0.05, 0.1) is 13.7 Å². The summed E-state index contributed by atoms with van der Waals surface area (Å²) in [6, 6.07) is 8.74. The molecular formula is C19H17NO5S. The Kier molecular flexibility index (Phi) is 5.18. The highest BCUT2D eigenvalue weighted by molar-refractivity contribution is 7.21. The molecule has 26 heavy (non-hydrogen) atoms. The number of hydrogen-bond acceptors (Lipinski definition) is 7. The lowest BCUT2D eigenvalue weighted by molar-refractivity contribution is 0.0530. The molecule has 0 saturated carbocycles. The third-order valence-electron chi connectivity index (χ3n) is 3.73. The number of aromatic nitrogens is 1. The van der Waals surface area contributed by atoms with E-state index in [1.54, 1.807) is 13.0 Å². The number of fused-ring (bicyclic) bond motifs is 1. The molecule has 134 valence electrons. The van der Waals surface area contributed by atoms with Crippen LogP contribution in [0.15, 0.2) is 36.5 Å². The van der Waals surface area contributed by atoms with Crippen molar-refractivity contribution in [2.24, 2.45) is 0 Å². The molecule has 6 nitrogen and oxygen atoms in total. The second-order valence-corrected chi connectivity index (χ2v) is 6.46. The molecule has 0 radical (unpaired) electrons. The highest BCUT2D eigenvalue weighted by atomic mass is 32.1. The van der Waals surface area contributed by atoms with Gasteiger partial charge in [-0.25, -0.2) is 14.6 Å². The number of pyridine rings is 1. The second-order valence-electron chi connectivity index (χ2n) is 5.41. The highest BCUT2D eigenvalue weighted by Crippen LogP contribution is 2.35. The lowest BCUT2D eigenvalue weighted by atomic mass is 10.1. The summed E-state index contributed by atoms with van der Waals surface area (Å²) in [6.45, 7) is 4.02. The molecule has 7 heteroatoms. The molecule has 0 aliphatic rings. The number of hydrogen-bond donors (Lipinski definition) is 0. The van der Waals surface area contributed by atoms with E-state index < -0.39 is 5.97 Å². The van der Waals surface area contributed by atoms with E-state index in [0.717, 1.165) is 15.6 Å². The van der Waals surface area contributed by atoms with E-state index in [2.05, 4.69) is 9.72 Å². The first-order valence-electron chi connectivity index (χ1n) is 7.96. The molecule has 0 bridgehead atoms. The Morgan fingerprint density at radius 1 is 1.12 bits per heavy atom. The normalized spacial score (nSPS) is 10.6. The summed E-state index contributed by atoms with van der Waals surface area (Å²) in [4.78, 5) is 28.2. The van der Waals surface area contributed by atoms with Crippen LogP contribution in [0.4, 0.5) is 0 Å². The van der Waals surface area contributed by atoms with Crippen LogP contribution < -0.4 is 4.74 Å². The first kappa shape index (κ1) is 17.9. The monoisotopic (exact) mass is 371 g/mol. The molecule has 0 fully saturated rings. The summed E-state index contributed by atoms with van der Waals surface area (Å²) in [5.74, 6) is 0.221. The van der Waals surface area contributed by atoms with Crippen molar-refractivity contribution in [3.05, 3.63) is 52.7 Å². The Hall–Kier alpha value is -2.93. The first-order chi connectivity index (χ1) is 12.5. The Labute approximate surface area is 154 Å². The van der Waals surface area contributed by atoms with Gasteiger partial charge in [0.2, 0.25) is 0 Å². The standard InChI is InChI=1S/C19H17NO5S/c1-4-24-19(22)17-11(2)14-6-5-12(10-16(14)26-17)25-13-7-8-20-15(9-13)18(21)23-3/h5-10H,4H2,1-3H3. The average Bonchev–Trinajstić information content (AvgIpc) is 2.97. The van der Waals surface area contributed by atoms with Crippen LogP contribution >= 0.6 is 11.3 Å². The van der Waals surface area contributed by atoms with Gasteiger partial charge in [0, 0.05) is 17.0 Å². The predicted molar refractivity (Wildman–Crippen MR) is 98.2 cm³/mol. The van der Waals surface area contributed by atoms with Crippen LogP contribution in [0.25, 0.3) is 10.1 Å². The van der Waals surface area contributed by atoms with E-state index in [1.807, 2.05) is 25.1 Å². The van der Waals surface area contributed by atoms with Gasteiger partial charge in [-0.05, 0) is 49.1 Å². The molecule has 1 aromatic carbocycles. The van der Waals surface area contributed by atoms with Gasteiger partial charge in [-0.2, -0.15) is 0 Å². The number of esters is 2. The number of ether oxygens (including phenoxy) is 3. The van der Waals surface area contributed by atoms with Gasteiger partial charge in [0.1, 0.15) is 16.4 Å². The summed E-state index contributed by atoms with van der Waals surface area (Å²) in [5.41, 5.74) is 1.06. The topological polar surface area (TPSA) is 74.7 Å². The number of carbonyl (C=O) groups excluding carboxylic acids is 2. The highest BCUT2D eigenvalue weighted by Gasteiger charge is 2.17. The fourth-order valence-corrected chi connectivity index (χ4v) is 3.62. The molecule has 0 N–H and O–H groups in total. The van der Waals surface area contributed by atoms with Gasteiger partial charge in [-0.1, -0.05) is 0 Å². The van der Waals surface area contributed by atoms with Gasteiger partial charge >= 0.3 is 11.9 Å². The van der Waals surface area contributed by atoms with E-state index in [-0.39, 0.29) is 11.7 Å². The first-order valence-corrected chi connectivity index (χ1v) is 8.77. The maximum Gasteiger partial charge on any atom is 0.356 e. The SMILES string of the molecule is CCOC(=O)c1sc2cc(Oc3ccnc(C(=O)OC)c3)ccc2c1C. The lowest BCUT2D eigenvalue weighted by Gasteiger charge is -2.06. The number of benzene rings is 1. The van der Waals surface area contributed by atoms with E-state index in [4.69, 9.17) is 9.47 Å². The zero-order chi connectivity index (χ0) is 18.7. The molecule has 0 atom stereocenters.